The number of halogens is 4. The molecule has 4 aromatic carbocycles. The van der Waals surface area contributed by atoms with Crippen molar-refractivity contribution in [3.8, 4) is 11.5 Å². The minimum absolute atomic E-state index is 0.00636. The van der Waals surface area contributed by atoms with Crippen molar-refractivity contribution in [2.24, 2.45) is 0 Å². The van der Waals surface area contributed by atoms with Crippen LogP contribution < -0.4 is 45.9 Å². The highest BCUT2D eigenvalue weighted by Crippen LogP contribution is 2.40. The van der Waals surface area contributed by atoms with Crippen LogP contribution in [0.3, 0.4) is 0 Å². The number of carbonyl (C=O) groups excluding carboxylic acids is 2. The summed E-state index contributed by atoms with van der Waals surface area (Å²) in [6.07, 6.45) is 1.20. The number of ether oxygens (including phenoxy) is 3. The van der Waals surface area contributed by atoms with Gasteiger partial charge >= 0.3 is 6.18 Å². The Hall–Kier alpha value is -7.60. The number of pyridine rings is 2. The van der Waals surface area contributed by atoms with Crippen molar-refractivity contribution < 1.29 is 41.4 Å². The SMILES string of the molecule is CNC(=O)c1cc(F)ccc1Nc1cc(Nc2ccc(N3CCCCC3)cc2OC)ncc1C(F)(F)F.COc1cc(N2CCOCC2)ccc1Nc1cc(Nc2ccccc2C(C)=O)c(C)cn1. The number of hydrogen-bond donors (Lipinski definition) is 5. The van der Waals surface area contributed by atoms with Crippen molar-refractivity contribution >= 4 is 68.8 Å². The molecule has 2 saturated heterocycles. The summed E-state index contributed by atoms with van der Waals surface area (Å²) in [5, 5.41) is 14.7. The summed E-state index contributed by atoms with van der Waals surface area (Å²) < 4.78 is 71.7. The molecule has 2 aromatic heterocycles. The summed E-state index contributed by atoms with van der Waals surface area (Å²) in [6.45, 7) is 8.65. The summed E-state index contributed by atoms with van der Waals surface area (Å²) in [6, 6.07) is 25.5. The van der Waals surface area contributed by atoms with Gasteiger partial charge in [0, 0.05) is 98.2 Å². The number of aryl methyl sites for hydroxylation is 1. The van der Waals surface area contributed by atoms with Gasteiger partial charge in [-0.2, -0.15) is 13.2 Å². The Balaban J connectivity index is 0.000000206. The predicted octanol–water partition coefficient (Wildman–Crippen LogP) is 11.0. The highest BCUT2D eigenvalue weighted by atomic mass is 19.4. The van der Waals surface area contributed by atoms with Gasteiger partial charge in [0.1, 0.15) is 29.0 Å². The molecule has 1 amide bonds. The van der Waals surface area contributed by atoms with Gasteiger partial charge in [-0.3, -0.25) is 9.59 Å². The van der Waals surface area contributed by atoms with E-state index in [9.17, 15) is 27.2 Å². The molecule has 8 rings (SSSR count). The Bertz CT molecular complexity index is 2760. The maximum Gasteiger partial charge on any atom is 0.419 e. The fourth-order valence-corrected chi connectivity index (χ4v) is 7.93. The largest absolute Gasteiger partial charge is 0.494 e. The number of ketones is 1. The summed E-state index contributed by atoms with van der Waals surface area (Å²) in [5.74, 6) is 0.716. The van der Waals surface area contributed by atoms with E-state index in [0.29, 0.717) is 29.0 Å². The first kappa shape index (κ1) is 49.3. The third kappa shape index (κ3) is 12.5. The summed E-state index contributed by atoms with van der Waals surface area (Å²) in [5.41, 5.74) is 5.20. The molecule has 0 saturated carbocycles. The number of nitrogens with one attached hydrogen (secondary N) is 5. The van der Waals surface area contributed by atoms with Crippen molar-refractivity contribution in [3.05, 3.63) is 131 Å². The number of amides is 1. The lowest BCUT2D eigenvalue weighted by atomic mass is 10.1. The van der Waals surface area contributed by atoms with Crippen LogP contribution in [0, 0.1) is 12.7 Å². The van der Waals surface area contributed by atoms with E-state index in [1.165, 1.54) is 32.7 Å². The van der Waals surface area contributed by atoms with E-state index in [-0.39, 0.29) is 28.5 Å². The minimum Gasteiger partial charge on any atom is -0.494 e. The number of benzene rings is 4. The van der Waals surface area contributed by atoms with E-state index in [2.05, 4.69) is 52.4 Å². The Kier molecular flexibility index (Phi) is 16.1. The lowest BCUT2D eigenvalue weighted by Gasteiger charge is -2.29. The summed E-state index contributed by atoms with van der Waals surface area (Å²) >= 11 is 0. The summed E-state index contributed by atoms with van der Waals surface area (Å²) in [4.78, 5) is 37.2. The molecule has 0 spiro atoms. The van der Waals surface area contributed by atoms with Crippen LogP contribution in [0.5, 0.6) is 11.5 Å². The molecule has 2 fully saturated rings. The lowest BCUT2D eigenvalue weighted by molar-refractivity contribution is -0.137. The number of morpholine rings is 1. The fraction of sp³-hybridized carbons (Fsp3) is 0.294. The van der Waals surface area contributed by atoms with Gasteiger partial charge in [-0.1, -0.05) is 12.1 Å². The molecule has 6 aromatic rings. The van der Waals surface area contributed by atoms with Crippen LogP contribution >= 0.6 is 0 Å². The normalized spacial score (nSPS) is 13.6. The number of hydrogen-bond acceptors (Lipinski definition) is 13. The number of anilines is 10. The first-order chi connectivity index (χ1) is 33.2. The Morgan fingerprint density at radius 1 is 0.638 bits per heavy atom. The third-order valence-electron chi connectivity index (χ3n) is 11.6. The topological polar surface area (TPSA) is 154 Å². The average molecular weight is 950 g/mol. The standard InChI is InChI=1S/C26H27F4N5O2.C25H28N4O3/c1-31-25(36)18-12-16(27)6-8-20(18)33-22-14-24(32-15-19(22)26(28,29)30)34-21-9-7-17(13-23(21)37-2)35-10-4-3-5-11-35;1-17-16-26-25(15-23(17)27-21-7-5-4-6-20(21)18(2)30)28-22-9-8-19(14-24(22)31-3)29-10-12-32-13-11-29/h6-9,12-15H,3-5,10-11H2,1-2H3,(H,31,36)(H2,32,33,34);4-9,14-16H,10-13H2,1-3H3,(H2,26,27,28). The predicted molar refractivity (Wildman–Crippen MR) is 263 cm³/mol. The first-order valence-corrected chi connectivity index (χ1v) is 22.4. The van der Waals surface area contributed by atoms with Gasteiger partial charge in [0.25, 0.3) is 5.91 Å². The number of para-hydroxylation sites is 1. The molecule has 0 atom stereocenters. The average Bonchev–Trinajstić information content (AvgIpc) is 3.36. The molecule has 2 aliphatic rings. The number of piperidine rings is 1. The lowest BCUT2D eigenvalue weighted by Crippen LogP contribution is -2.36. The molecule has 18 heteroatoms. The van der Waals surface area contributed by atoms with Crippen LogP contribution in [0.25, 0.3) is 0 Å². The van der Waals surface area contributed by atoms with Crippen molar-refractivity contribution in [1.29, 1.82) is 0 Å². The van der Waals surface area contributed by atoms with Crippen molar-refractivity contribution in [1.82, 2.24) is 15.3 Å². The van der Waals surface area contributed by atoms with Crippen LogP contribution in [-0.2, 0) is 10.9 Å². The highest BCUT2D eigenvalue weighted by Gasteiger charge is 2.35. The molecule has 0 aliphatic carbocycles. The number of Topliss-reactive ketones (excluding diaryl/α,β-unsaturated/α-hetero) is 1. The number of aromatic nitrogens is 2. The van der Waals surface area contributed by atoms with E-state index < -0.39 is 23.5 Å². The number of methoxy groups -OCH3 is 2. The van der Waals surface area contributed by atoms with Crippen LogP contribution in [0.4, 0.5) is 74.7 Å². The Labute approximate surface area is 398 Å². The van der Waals surface area contributed by atoms with Gasteiger partial charge in [-0.25, -0.2) is 14.4 Å². The maximum absolute atomic E-state index is 13.8. The second kappa shape index (κ2) is 22.5. The highest BCUT2D eigenvalue weighted by molar-refractivity contribution is 6.01. The number of carbonyl (C=O) groups is 2. The zero-order chi connectivity index (χ0) is 49.1. The molecular weight excluding hydrogens is 895 g/mol. The smallest absolute Gasteiger partial charge is 0.419 e. The molecule has 69 heavy (non-hydrogen) atoms. The molecule has 2 aliphatic heterocycles. The van der Waals surface area contributed by atoms with Crippen LogP contribution in [0.1, 0.15) is 58.0 Å². The zero-order valence-electron chi connectivity index (χ0n) is 39.0. The molecule has 0 bridgehead atoms. The van der Waals surface area contributed by atoms with Gasteiger partial charge < -0.3 is 50.6 Å². The quantitative estimate of drug-likeness (QED) is 0.0520. The monoisotopic (exact) mass is 949 g/mol. The molecule has 0 radical (unpaired) electrons. The second-order valence-electron chi connectivity index (χ2n) is 16.3. The van der Waals surface area contributed by atoms with Gasteiger partial charge in [-0.15, -0.1) is 0 Å². The molecule has 14 nitrogen and oxygen atoms in total. The third-order valence-corrected chi connectivity index (χ3v) is 11.6. The number of nitrogens with zero attached hydrogens (tertiary/aromatic N) is 4. The van der Waals surface area contributed by atoms with Crippen LogP contribution in [0.2, 0.25) is 0 Å². The molecule has 4 heterocycles. The first-order valence-electron chi connectivity index (χ1n) is 22.4. The summed E-state index contributed by atoms with van der Waals surface area (Å²) in [7, 11) is 4.52. The number of rotatable bonds is 14. The van der Waals surface area contributed by atoms with Gasteiger partial charge in [0.05, 0.1) is 61.3 Å². The Morgan fingerprint density at radius 3 is 1.78 bits per heavy atom. The Morgan fingerprint density at radius 2 is 1.19 bits per heavy atom. The van der Waals surface area contributed by atoms with Gasteiger partial charge in [0.2, 0.25) is 0 Å². The number of alkyl halides is 3. The van der Waals surface area contributed by atoms with Gasteiger partial charge in [-0.05, 0) is 93.3 Å². The maximum atomic E-state index is 13.8. The fourth-order valence-electron chi connectivity index (χ4n) is 7.93. The molecule has 5 N–H and O–H groups in total. The van der Waals surface area contributed by atoms with Gasteiger partial charge in [0.15, 0.2) is 5.78 Å². The molecular formula is C51H55F4N9O5. The van der Waals surface area contributed by atoms with Crippen molar-refractivity contribution in [2.75, 3.05) is 91.7 Å². The van der Waals surface area contributed by atoms with Crippen LogP contribution in [0.15, 0.2) is 103 Å². The van der Waals surface area contributed by atoms with E-state index >= 15 is 0 Å². The van der Waals surface area contributed by atoms with Crippen molar-refractivity contribution in [3.63, 3.8) is 0 Å². The van der Waals surface area contributed by atoms with E-state index in [4.69, 9.17) is 14.2 Å². The van der Waals surface area contributed by atoms with E-state index in [1.807, 2.05) is 61.5 Å². The van der Waals surface area contributed by atoms with E-state index in [1.54, 1.807) is 26.3 Å². The second-order valence-corrected chi connectivity index (χ2v) is 16.3. The zero-order valence-corrected chi connectivity index (χ0v) is 39.0. The minimum atomic E-state index is -4.73. The van der Waals surface area contributed by atoms with E-state index in [0.717, 1.165) is 104 Å². The van der Waals surface area contributed by atoms with Crippen molar-refractivity contribution in [2.45, 2.75) is 39.3 Å². The molecule has 362 valence electrons. The molecule has 0 unspecified atom stereocenters. The van der Waals surface area contributed by atoms with Crippen LogP contribution in [-0.4, -0.2) is 82.3 Å².